The van der Waals surface area contributed by atoms with Gasteiger partial charge in [-0.1, -0.05) is 256 Å². The smallest absolute Gasteiger partial charge is 0.306 e. The number of esters is 3. The first-order valence-corrected chi connectivity index (χ1v) is 29.6. The lowest BCUT2D eigenvalue weighted by Crippen LogP contribution is -2.30. The number of hydrogen-bond acceptors (Lipinski definition) is 6. The molecule has 0 heterocycles. The maximum atomic E-state index is 12.9. The molecule has 0 fully saturated rings. The van der Waals surface area contributed by atoms with Crippen molar-refractivity contribution in [2.24, 2.45) is 0 Å². The van der Waals surface area contributed by atoms with E-state index in [1.807, 2.05) is 0 Å². The van der Waals surface area contributed by atoms with Crippen molar-refractivity contribution in [3.63, 3.8) is 0 Å². The van der Waals surface area contributed by atoms with Crippen LogP contribution in [0.4, 0.5) is 0 Å². The van der Waals surface area contributed by atoms with E-state index in [1.165, 1.54) is 193 Å². The van der Waals surface area contributed by atoms with Crippen molar-refractivity contribution < 1.29 is 28.6 Å². The number of carbonyl (C=O) groups excluding carboxylic acids is 3. The molecule has 6 nitrogen and oxygen atoms in total. The van der Waals surface area contributed by atoms with Crippen LogP contribution in [-0.4, -0.2) is 37.2 Å². The van der Waals surface area contributed by atoms with Crippen LogP contribution in [0.2, 0.25) is 0 Å². The number of carbonyl (C=O) groups is 3. The molecule has 0 bridgehead atoms. The SMILES string of the molecule is CCCCC/C=C\C/C=C\CCCCCCCCCCCC(=O)OC[C@@H](COC(=O)CCCCCCCCCCCCCCCC)OC(=O)CCCCCCCCC/C=C\C/C=C\CCCCC. The molecule has 0 aliphatic carbocycles. The summed E-state index contributed by atoms with van der Waals surface area (Å²) in [6, 6.07) is 0. The van der Waals surface area contributed by atoms with Gasteiger partial charge in [-0.3, -0.25) is 14.4 Å². The van der Waals surface area contributed by atoms with E-state index in [1.54, 1.807) is 0 Å². The fraction of sp³-hybridized carbons (Fsp3) is 0.823. The minimum atomic E-state index is -0.777. The van der Waals surface area contributed by atoms with Crippen molar-refractivity contribution in [1.82, 2.24) is 0 Å². The highest BCUT2D eigenvalue weighted by atomic mass is 16.6. The third-order valence-corrected chi connectivity index (χ3v) is 13.1. The molecule has 0 spiro atoms. The summed E-state index contributed by atoms with van der Waals surface area (Å²) >= 11 is 0. The van der Waals surface area contributed by atoms with Crippen LogP contribution < -0.4 is 0 Å². The van der Waals surface area contributed by atoms with Gasteiger partial charge in [-0.25, -0.2) is 0 Å². The lowest BCUT2D eigenvalue weighted by molar-refractivity contribution is -0.167. The second-order valence-corrected chi connectivity index (χ2v) is 19.9. The van der Waals surface area contributed by atoms with Crippen LogP contribution in [-0.2, 0) is 28.6 Å². The van der Waals surface area contributed by atoms with E-state index in [-0.39, 0.29) is 31.1 Å². The van der Waals surface area contributed by atoms with E-state index >= 15 is 0 Å². The summed E-state index contributed by atoms with van der Waals surface area (Å²) in [5.74, 6) is -0.870. The van der Waals surface area contributed by atoms with Crippen molar-refractivity contribution in [2.45, 2.75) is 316 Å². The van der Waals surface area contributed by atoms with Crippen LogP contribution in [0.1, 0.15) is 310 Å². The molecule has 0 amide bonds. The number of unbranched alkanes of at least 4 members (excludes halogenated alkanes) is 35. The molecular weight excluding hydrogens is 841 g/mol. The molecule has 396 valence electrons. The van der Waals surface area contributed by atoms with Crippen LogP contribution in [0, 0.1) is 0 Å². The van der Waals surface area contributed by atoms with Crippen molar-refractivity contribution in [2.75, 3.05) is 13.2 Å². The van der Waals surface area contributed by atoms with E-state index in [2.05, 4.69) is 69.4 Å². The highest BCUT2D eigenvalue weighted by molar-refractivity contribution is 5.71. The Hall–Kier alpha value is -2.63. The Labute approximate surface area is 422 Å². The molecule has 0 N–H and O–H groups in total. The highest BCUT2D eigenvalue weighted by Crippen LogP contribution is 2.16. The van der Waals surface area contributed by atoms with E-state index in [0.717, 1.165) is 77.0 Å². The molecule has 0 radical (unpaired) electrons. The fourth-order valence-corrected chi connectivity index (χ4v) is 8.56. The maximum Gasteiger partial charge on any atom is 0.306 e. The number of hydrogen-bond donors (Lipinski definition) is 0. The number of allylic oxidation sites excluding steroid dienone is 8. The van der Waals surface area contributed by atoms with Crippen LogP contribution in [0.3, 0.4) is 0 Å². The van der Waals surface area contributed by atoms with Gasteiger partial charge in [-0.2, -0.15) is 0 Å². The molecule has 68 heavy (non-hydrogen) atoms. The summed E-state index contributed by atoms with van der Waals surface area (Å²) in [6.45, 7) is 6.62. The Morgan fingerprint density at radius 3 is 0.838 bits per heavy atom. The second-order valence-electron chi connectivity index (χ2n) is 19.9. The topological polar surface area (TPSA) is 78.9 Å². The second kappa shape index (κ2) is 57.0. The lowest BCUT2D eigenvalue weighted by atomic mass is 10.0. The van der Waals surface area contributed by atoms with Crippen LogP contribution in [0.5, 0.6) is 0 Å². The first-order valence-electron chi connectivity index (χ1n) is 29.6. The van der Waals surface area contributed by atoms with Crippen LogP contribution in [0.25, 0.3) is 0 Å². The highest BCUT2D eigenvalue weighted by Gasteiger charge is 2.19. The largest absolute Gasteiger partial charge is 0.462 e. The third-order valence-electron chi connectivity index (χ3n) is 13.1. The molecule has 0 saturated carbocycles. The maximum absolute atomic E-state index is 12.9. The van der Waals surface area contributed by atoms with Crippen LogP contribution >= 0.6 is 0 Å². The quantitative estimate of drug-likeness (QED) is 0.0262. The Balaban J connectivity index is 4.36. The molecule has 0 aromatic heterocycles. The predicted octanol–water partition coefficient (Wildman–Crippen LogP) is 19.8. The summed E-state index contributed by atoms with van der Waals surface area (Å²) in [7, 11) is 0. The summed E-state index contributed by atoms with van der Waals surface area (Å²) in [5, 5.41) is 0. The number of rotatable bonds is 54. The Morgan fingerprint density at radius 1 is 0.294 bits per heavy atom. The van der Waals surface area contributed by atoms with Gasteiger partial charge in [0.15, 0.2) is 6.10 Å². The average molecular weight is 954 g/mol. The van der Waals surface area contributed by atoms with Crippen molar-refractivity contribution >= 4 is 17.9 Å². The molecule has 0 rings (SSSR count). The predicted molar refractivity (Wildman–Crippen MR) is 293 cm³/mol. The van der Waals surface area contributed by atoms with Gasteiger partial charge in [0.05, 0.1) is 0 Å². The Morgan fingerprint density at radius 2 is 0.529 bits per heavy atom. The normalized spacial score (nSPS) is 12.3. The average Bonchev–Trinajstić information content (AvgIpc) is 3.34. The van der Waals surface area contributed by atoms with Gasteiger partial charge in [0.1, 0.15) is 13.2 Å². The van der Waals surface area contributed by atoms with E-state index in [4.69, 9.17) is 14.2 Å². The van der Waals surface area contributed by atoms with Gasteiger partial charge in [0.25, 0.3) is 0 Å². The van der Waals surface area contributed by atoms with Gasteiger partial charge < -0.3 is 14.2 Å². The van der Waals surface area contributed by atoms with E-state index in [0.29, 0.717) is 19.3 Å². The zero-order valence-corrected chi connectivity index (χ0v) is 45.4. The summed E-state index contributed by atoms with van der Waals surface area (Å²) in [5.41, 5.74) is 0. The van der Waals surface area contributed by atoms with Gasteiger partial charge >= 0.3 is 17.9 Å². The molecule has 0 aliphatic rings. The molecule has 1 atom stereocenters. The van der Waals surface area contributed by atoms with Crippen molar-refractivity contribution in [3.8, 4) is 0 Å². The fourth-order valence-electron chi connectivity index (χ4n) is 8.56. The molecule has 0 aromatic carbocycles. The molecule has 0 unspecified atom stereocenters. The standard InChI is InChI=1S/C62H112O6/c1-4-7-10-13-16-19-22-25-28-30-31-33-34-37-40-43-46-49-52-55-61(64)67-58-59(57-66-60(63)54-51-48-45-42-39-36-27-24-21-18-15-12-9-6-3)68-62(65)56-53-50-47-44-41-38-35-32-29-26-23-20-17-14-11-8-5-2/h16-17,19-20,25-26,28-29,59H,4-15,18,21-24,27,30-58H2,1-3H3/b19-16-,20-17-,28-25-,29-26-/t59-/m1/s1. The summed E-state index contributed by atoms with van der Waals surface area (Å²) < 4.78 is 16.9. The Kier molecular flexibility index (Phi) is 54.8. The van der Waals surface area contributed by atoms with E-state index < -0.39 is 6.10 Å². The van der Waals surface area contributed by atoms with Gasteiger partial charge in [0.2, 0.25) is 0 Å². The summed E-state index contributed by atoms with van der Waals surface area (Å²) in [4.78, 5) is 38.2. The third kappa shape index (κ3) is 54.3. The zero-order valence-electron chi connectivity index (χ0n) is 45.4. The van der Waals surface area contributed by atoms with Gasteiger partial charge in [-0.05, 0) is 83.5 Å². The molecule has 0 aliphatic heterocycles. The monoisotopic (exact) mass is 953 g/mol. The van der Waals surface area contributed by atoms with Crippen molar-refractivity contribution in [1.29, 1.82) is 0 Å². The minimum Gasteiger partial charge on any atom is -0.462 e. The van der Waals surface area contributed by atoms with Gasteiger partial charge in [-0.15, -0.1) is 0 Å². The van der Waals surface area contributed by atoms with Gasteiger partial charge in [0, 0.05) is 19.3 Å². The first kappa shape index (κ1) is 65.4. The van der Waals surface area contributed by atoms with Crippen molar-refractivity contribution in [3.05, 3.63) is 48.6 Å². The first-order chi connectivity index (χ1) is 33.5. The Bertz CT molecular complexity index is 1190. The molecule has 0 saturated heterocycles. The molecular formula is C62H112O6. The van der Waals surface area contributed by atoms with Crippen LogP contribution in [0.15, 0.2) is 48.6 Å². The lowest BCUT2D eigenvalue weighted by Gasteiger charge is -2.18. The zero-order chi connectivity index (χ0) is 49.3. The summed E-state index contributed by atoms with van der Waals surface area (Å²) in [6.07, 6.45) is 69.5. The minimum absolute atomic E-state index is 0.0745. The molecule has 6 heteroatoms. The molecule has 0 aromatic rings. The van der Waals surface area contributed by atoms with E-state index in [9.17, 15) is 14.4 Å². The number of ether oxygens (including phenoxy) is 3.